The van der Waals surface area contributed by atoms with Crippen LogP contribution in [0.4, 0.5) is 11.4 Å². The van der Waals surface area contributed by atoms with E-state index in [2.05, 4.69) is 96.3 Å². The summed E-state index contributed by atoms with van der Waals surface area (Å²) in [4.78, 5) is 5.75. The zero-order valence-electron chi connectivity index (χ0n) is 12.7. The second-order valence-electron chi connectivity index (χ2n) is 5.63. The van der Waals surface area contributed by atoms with Crippen molar-refractivity contribution < 1.29 is 0 Å². The lowest BCUT2D eigenvalue weighted by Crippen LogP contribution is -2.31. The SMILES string of the molecule is Cc1ccc2c(c1)SC(Br)(c1ccc(N(C)C)cc1)N2C. The fourth-order valence-corrected chi connectivity index (χ4v) is 4.88. The maximum absolute atomic E-state index is 3.96. The minimum atomic E-state index is -0.228. The molecule has 0 saturated heterocycles. The minimum absolute atomic E-state index is 0.228. The van der Waals surface area contributed by atoms with E-state index in [1.807, 2.05) is 11.8 Å². The smallest absolute Gasteiger partial charge is 0.172 e. The molecule has 4 heteroatoms. The molecule has 1 unspecified atom stereocenters. The van der Waals surface area contributed by atoms with Gasteiger partial charge in [0.05, 0.1) is 5.69 Å². The van der Waals surface area contributed by atoms with Crippen LogP contribution in [-0.2, 0) is 3.78 Å². The van der Waals surface area contributed by atoms with Crippen molar-refractivity contribution in [2.24, 2.45) is 0 Å². The Morgan fingerprint density at radius 3 is 2.38 bits per heavy atom. The second-order valence-corrected chi connectivity index (χ2v) is 8.54. The van der Waals surface area contributed by atoms with Gasteiger partial charge in [-0.2, -0.15) is 0 Å². The number of hydrogen-bond donors (Lipinski definition) is 0. The van der Waals surface area contributed by atoms with Gasteiger partial charge < -0.3 is 9.80 Å². The number of rotatable bonds is 2. The highest BCUT2D eigenvalue weighted by Gasteiger charge is 2.42. The molecule has 1 atom stereocenters. The number of hydrogen-bond acceptors (Lipinski definition) is 3. The Morgan fingerprint density at radius 1 is 1.10 bits per heavy atom. The molecule has 0 aromatic heterocycles. The van der Waals surface area contributed by atoms with Crippen LogP contribution in [0.25, 0.3) is 0 Å². The zero-order chi connectivity index (χ0) is 15.2. The quantitative estimate of drug-likeness (QED) is 0.559. The van der Waals surface area contributed by atoms with E-state index in [9.17, 15) is 0 Å². The van der Waals surface area contributed by atoms with Crippen LogP contribution in [0.1, 0.15) is 11.1 Å². The van der Waals surface area contributed by atoms with Gasteiger partial charge in [0, 0.05) is 31.7 Å². The van der Waals surface area contributed by atoms with Crippen LogP contribution in [0.5, 0.6) is 0 Å². The molecule has 3 rings (SSSR count). The van der Waals surface area contributed by atoms with Crippen molar-refractivity contribution in [1.29, 1.82) is 0 Å². The highest BCUT2D eigenvalue weighted by molar-refractivity contribution is 9.11. The van der Waals surface area contributed by atoms with Gasteiger partial charge in [0.15, 0.2) is 3.78 Å². The van der Waals surface area contributed by atoms with Gasteiger partial charge in [-0.1, -0.05) is 30.0 Å². The van der Waals surface area contributed by atoms with Gasteiger partial charge in [-0.05, 0) is 58.2 Å². The molecule has 0 aliphatic carbocycles. The lowest BCUT2D eigenvalue weighted by atomic mass is 10.1. The molecule has 0 spiro atoms. The van der Waals surface area contributed by atoms with Crippen LogP contribution in [0, 0.1) is 6.92 Å². The number of thioether (sulfide) groups is 1. The summed E-state index contributed by atoms with van der Waals surface area (Å²) in [5.41, 5.74) is 5.05. The lowest BCUT2D eigenvalue weighted by molar-refractivity contribution is 0.867. The summed E-state index contributed by atoms with van der Waals surface area (Å²) in [5, 5.41) is 0. The zero-order valence-corrected chi connectivity index (χ0v) is 15.1. The number of nitrogens with zero attached hydrogens (tertiary/aromatic N) is 2. The standard InChI is InChI=1S/C17H19BrN2S/c1-12-5-10-15-16(11-12)21-17(18,20(15)4)13-6-8-14(9-7-13)19(2)3/h5-11H,1-4H3. The number of anilines is 2. The van der Waals surface area contributed by atoms with Crippen molar-refractivity contribution in [3.63, 3.8) is 0 Å². The van der Waals surface area contributed by atoms with Gasteiger partial charge in [0.2, 0.25) is 0 Å². The van der Waals surface area contributed by atoms with Crippen molar-refractivity contribution >= 4 is 39.1 Å². The molecular formula is C17H19BrN2S. The molecule has 0 fully saturated rings. The van der Waals surface area contributed by atoms with Crippen LogP contribution >= 0.6 is 27.7 Å². The molecule has 0 radical (unpaired) electrons. The largest absolute Gasteiger partial charge is 0.378 e. The second kappa shape index (κ2) is 5.25. The molecule has 21 heavy (non-hydrogen) atoms. The van der Waals surface area contributed by atoms with Crippen molar-refractivity contribution in [3.8, 4) is 0 Å². The molecule has 110 valence electrons. The van der Waals surface area contributed by atoms with Crippen LogP contribution in [0.15, 0.2) is 47.4 Å². The predicted octanol–water partition coefficient (Wildman–Crippen LogP) is 4.81. The highest BCUT2D eigenvalue weighted by atomic mass is 79.9. The summed E-state index contributed by atoms with van der Waals surface area (Å²) in [5.74, 6) is 0. The van der Waals surface area contributed by atoms with Crippen LogP contribution in [0.2, 0.25) is 0 Å². The van der Waals surface area contributed by atoms with Crippen LogP contribution < -0.4 is 9.80 Å². The number of fused-ring (bicyclic) bond motifs is 1. The summed E-state index contributed by atoms with van der Waals surface area (Å²) >= 11 is 5.82. The summed E-state index contributed by atoms with van der Waals surface area (Å²) in [6, 6.07) is 15.4. The molecule has 0 N–H and O–H groups in total. The van der Waals surface area contributed by atoms with E-state index >= 15 is 0 Å². The minimum Gasteiger partial charge on any atom is -0.378 e. The van der Waals surface area contributed by atoms with Crippen LogP contribution in [0.3, 0.4) is 0 Å². The number of aryl methyl sites for hydroxylation is 1. The van der Waals surface area contributed by atoms with E-state index in [4.69, 9.17) is 0 Å². The third-order valence-electron chi connectivity index (χ3n) is 3.89. The Balaban J connectivity index is 1.99. The van der Waals surface area contributed by atoms with Crippen molar-refractivity contribution in [2.45, 2.75) is 15.6 Å². The number of benzene rings is 2. The first-order chi connectivity index (χ1) is 9.91. The van der Waals surface area contributed by atoms with E-state index in [0.717, 1.165) is 0 Å². The first-order valence-electron chi connectivity index (χ1n) is 6.92. The molecule has 2 aromatic carbocycles. The van der Waals surface area contributed by atoms with Crippen molar-refractivity contribution in [2.75, 3.05) is 30.9 Å². The molecule has 1 aliphatic heterocycles. The Labute approximate surface area is 139 Å². The topological polar surface area (TPSA) is 6.48 Å². The average molecular weight is 363 g/mol. The maximum atomic E-state index is 3.96. The first kappa shape index (κ1) is 14.8. The van der Waals surface area contributed by atoms with E-state index in [-0.39, 0.29) is 3.78 Å². The third kappa shape index (κ3) is 2.44. The van der Waals surface area contributed by atoms with Gasteiger partial charge in [-0.25, -0.2) is 0 Å². The fraction of sp³-hybridized carbons (Fsp3) is 0.294. The Kier molecular flexibility index (Phi) is 3.70. The summed E-state index contributed by atoms with van der Waals surface area (Å²) < 4.78 is -0.228. The Morgan fingerprint density at radius 2 is 1.76 bits per heavy atom. The Bertz CT molecular complexity index is 669. The highest BCUT2D eigenvalue weighted by Crippen LogP contribution is 2.58. The first-order valence-corrected chi connectivity index (χ1v) is 8.53. The monoisotopic (exact) mass is 362 g/mol. The Hall–Kier alpha value is -1.13. The van der Waals surface area contributed by atoms with Gasteiger partial charge in [-0.3, -0.25) is 0 Å². The number of alkyl halides is 1. The normalized spacial score (nSPS) is 20.5. The molecule has 0 bridgehead atoms. The molecule has 2 nitrogen and oxygen atoms in total. The van der Waals surface area contributed by atoms with E-state index < -0.39 is 0 Å². The lowest BCUT2D eigenvalue weighted by Gasteiger charge is -2.31. The van der Waals surface area contributed by atoms with Crippen molar-refractivity contribution in [3.05, 3.63) is 53.6 Å². The molecule has 0 saturated carbocycles. The number of halogens is 1. The fourth-order valence-electron chi connectivity index (χ4n) is 2.57. The maximum Gasteiger partial charge on any atom is 0.172 e. The summed E-state index contributed by atoms with van der Waals surface area (Å²) in [6.45, 7) is 2.14. The molecule has 1 heterocycles. The summed E-state index contributed by atoms with van der Waals surface area (Å²) in [7, 11) is 6.27. The molecule has 1 aliphatic rings. The molecular weight excluding hydrogens is 344 g/mol. The van der Waals surface area contributed by atoms with Crippen molar-refractivity contribution in [1.82, 2.24) is 0 Å². The predicted molar refractivity (Wildman–Crippen MR) is 96.8 cm³/mol. The molecule has 0 amide bonds. The van der Waals surface area contributed by atoms with Gasteiger partial charge in [0.1, 0.15) is 0 Å². The van der Waals surface area contributed by atoms with E-state index in [1.54, 1.807) is 0 Å². The van der Waals surface area contributed by atoms with Gasteiger partial charge >= 0.3 is 0 Å². The van der Waals surface area contributed by atoms with E-state index in [0.29, 0.717) is 0 Å². The molecule has 2 aromatic rings. The summed E-state index contributed by atoms with van der Waals surface area (Å²) in [6.07, 6.45) is 0. The van der Waals surface area contributed by atoms with Crippen LogP contribution in [-0.4, -0.2) is 21.1 Å². The van der Waals surface area contributed by atoms with Gasteiger partial charge in [-0.15, -0.1) is 0 Å². The van der Waals surface area contributed by atoms with Gasteiger partial charge in [0.25, 0.3) is 0 Å². The van der Waals surface area contributed by atoms with E-state index in [1.165, 1.54) is 27.4 Å². The average Bonchev–Trinajstić information content (AvgIpc) is 2.71. The third-order valence-corrected chi connectivity index (χ3v) is 6.70.